The van der Waals surface area contributed by atoms with Crippen LogP contribution in [0.15, 0.2) is 11.4 Å². The van der Waals surface area contributed by atoms with Crippen LogP contribution in [0.25, 0.3) is 10.6 Å². The molecule has 2 aromatic rings. The third kappa shape index (κ3) is 3.35. The van der Waals surface area contributed by atoms with Crippen molar-refractivity contribution in [3.63, 3.8) is 0 Å². The third-order valence-electron chi connectivity index (χ3n) is 3.75. The number of fused-ring (bicyclic) bond motifs is 1. The number of thiophene rings is 1. The van der Waals surface area contributed by atoms with Gasteiger partial charge in [0.05, 0.1) is 15.6 Å². The molecule has 0 aliphatic carbocycles. The van der Waals surface area contributed by atoms with Crippen molar-refractivity contribution in [3.8, 4) is 10.6 Å². The fraction of sp³-hybridized carbons (Fsp3) is 0.533. The van der Waals surface area contributed by atoms with Crippen LogP contribution in [0.3, 0.4) is 0 Å². The van der Waals surface area contributed by atoms with Crippen LogP contribution in [0.2, 0.25) is 0 Å². The molecule has 4 nitrogen and oxygen atoms in total. The Kier molecular flexibility index (Phi) is 4.71. The molecule has 2 aromatic heterocycles. The van der Waals surface area contributed by atoms with Crippen LogP contribution in [0.1, 0.15) is 15.4 Å². The molecule has 0 saturated heterocycles. The average Bonchev–Trinajstić information content (AvgIpc) is 3.10. The largest absolute Gasteiger partial charge is 0.355 e. The van der Waals surface area contributed by atoms with E-state index in [0.717, 1.165) is 36.8 Å². The van der Waals surface area contributed by atoms with Gasteiger partial charge in [-0.2, -0.15) is 0 Å². The number of rotatable bonds is 5. The van der Waals surface area contributed by atoms with Gasteiger partial charge in [0, 0.05) is 44.1 Å². The standard InChI is InChI=1S/C15H20N2O2S2/c1-10-16-12(9-20-10)14-6-11-7-17(5-4-13(11)21-14)8-15(18-2)19-3/h6,9,15H,4-5,7-8H2,1-3H3. The van der Waals surface area contributed by atoms with Gasteiger partial charge < -0.3 is 9.47 Å². The Balaban J connectivity index is 1.73. The number of ether oxygens (including phenoxy) is 2. The Hall–Kier alpha value is -0.790. The van der Waals surface area contributed by atoms with Crippen molar-refractivity contribution in [3.05, 3.63) is 26.9 Å². The summed E-state index contributed by atoms with van der Waals surface area (Å²) in [5, 5.41) is 3.28. The normalized spacial score (nSPS) is 15.6. The molecule has 0 unspecified atom stereocenters. The highest BCUT2D eigenvalue weighted by molar-refractivity contribution is 7.16. The number of aryl methyl sites for hydroxylation is 1. The molecule has 1 aliphatic heterocycles. The zero-order valence-electron chi connectivity index (χ0n) is 12.6. The van der Waals surface area contributed by atoms with Gasteiger partial charge in [-0.25, -0.2) is 4.98 Å². The van der Waals surface area contributed by atoms with Crippen LogP contribution >= 0.6 is 22.7 Å². The van der Waals surface area contributed by atoms with E-state index in [-0.39, 0.29) is 6.29 Å². The Morgan fingerprint density at radius 1 is 1.38 bits per heavy atom. The molecule has 0 bridgehead atoms. The lowest BCUT2D eigenvalue weighted by Gasteiger charge is -2.29. The predicted molar refractivity (Wildman–Crippen MR) is 87.0 cm³/mol. The molecule has 21 heavy (non-hydrogen) atoms. The Morgan fingerprint density at radius 3 is 2.86 bits per heavy atom. The second kappa shape index (κ2) is 6.54. The lowest BCUT2D eigenvalue weighted by molar-refractivity contribution is -0.117. The van der Waals surface area contributed by atoms with E-state index in [2.05, 4.69) is 28.3 Å². The first-order valence-electron chi connectivity index (χ1n) is 7.01. The highest BCUT2D eigenvalue weighted by atomic mass is 32.1. The zero-order valence-corrected chi connectivity index (χ0v) is 14.2. The number of aromatic nitrogens is 1. The number of thiazole rings is 1. The molecule has 0 spiro atoms. The lowest BCUT2D eigenvalue weighted by Crippen LogP contribution is -2.37. The van der Waals surface area contributed by atoms with Crippen molar-refractivity contribution in [2.45, 2.75) is 26.2 Å². The molecule has 114 valence electrons. The van der Waals surface area contributed by atoms with E-state index >= 15 is 0 Å². The first kappa shape index (κ1) is 15.1. The lowest BCUT2D eigenvalue weighted by atomic mass is 10.1. The van der Waals surface area contributed by atoms with Crippen LogP contribution in [0.5, 0.6) is 0 Å². The topological polar surface area (TPSA) is 34.6 Å². The molecule has 0 radical (unpaired) electrons. The van der Waals surface area contributed by atoms with Crippen molar-refractivity contribution < 1.29 is 9.47 Å². The van der Waals surface area contributed by atoms with Gasteiger partial charge in [-0.15, -0.1) is 22.7 Å². The minimum Gasteiger partial charge on any atom is -0.355 e. The molecule has 3 heterocycles. The van der Waals surface area contributed by atoms with Crippen molar-refractivity contribution >= 4 is 22.7 Å². The molecule has 1 aliphatic rings. The second-order valence-corrected chi connectivity index (χ2v) is 7.40. The minimum absolute atomic E-state index is 0.147. The summed E-state index contributed by atoms with van der Waals surface area (Å²) in [5.74, 6) is 0. The van der Waals surface area contributed by atoms with Gasteiger partial charge in [0.2, 0.25) is 0 Å². The van der Waals surface area contributed by atoms with E-state index in [4.69, 9.17) is 9.47 Å². The van der Waals surface area contributed by atoms with E-state index in [1.807, 2.05) is 11.3 Å². The number of nitrogens with zero attached hydrogens (tertiary/aromatic N) is 2. The van der Waals surface area contributed by atoms with Crippen molar-refractivity contribution in [1.29, 1.82) is 0 Å². The Labute approximate surface area is 133 Å². The molecule has 0 amide bonds. The van der Waals surface area contributed by atoms with E-state index < -0.39 is 0 Å². The van der Waals surface area contributed by atoms with Crippen molar-refractivity contribution in [2.24, 2.45) is 0 Å². The summed E-state index contributed by atoms with van der Waals surface area (Å²) in [6, 6.07) is 2.30. The fourth-order valence-corrected chi connectivity index (χ4v) is 4.42. The quantitative estimate of drug-likeness (QED) is 0.791. The van der Waals surface area contributed by atoms with Gasteiger partial charge in [-0.1, -0.05) is 0 Å². The maximum Gasteiger partial charge on any atom is 0.169 e. The molecular formula is C15H20N2O2S2. The van der Waals surface area contributed by atoms with Gasteiger partial charge >= 0.3 is 0 Å². The number of hydrogen-bond donors (Lipinski definition) is 0. The zero-order chi connectivity index (χ0) is 14.8. The summed E-state index contributed by atoms with van der Waals surface area (Å²) in [5.41, 5.74) is 2.55. The third-order valence-corrected chi connectivity index (χ3v) is 5.78. The van der Waals surface area contributed by atoms with Gasteiger partial charge in [0.25, 0.3) is 0 Å². The second-order valence-electron chi connectivity index (χ2n) is 5.20. The van der Waals surface area contributed by atoms with Gasteiger partial charge in [-0.05, 0) is 25.0 Å². The van der Waals surface area contributed by atoms with Crippen LogP contribution in [-0.2, 0) is 22.4 Å². The van der Waals surface area contributed by atoms with E-state index in [9.17, 15) is 0 Å². The predicted octanol–water partition coefficient (Wildman–Crippen LogP) is 3.16. The summed E-state index contributed by atoms with van der Waals surface area (Å²) < 4.78 is 10.6. The summed E-state index contributed by atoms with van der Waals surface area (Å²) in [6.45, 7) is 4.90. The van der Waals surface area contributed by atoms with Gasteiger partial charge in [-0.3, -0.25) is 4.90 Å². The molecular weight excluding hydrogens is 304 g/mol. The summed E-state index contributed by atoms with van der Waals surface area (Å²) >= 11 is 3.60. The van der Waals surface area contributed by atoms with Crippen molar-refractivity contribution in [1.82, 2.24) is 9.88 Å². The van der Waals surface area contributed by atoms with Crippen LogP contribution < -0.4 is 0 Å². The molecule has 0 fully saturated rings. The van der Waals surface area contributed by atoms with Gasteiger partial charge in [0.15, 0.2) is 6.29 Å². The highest BCUT2D eigenvalue weighted by Crippen LogP contribution is 2.35. The number of hydrogen-bond acceptors (Lipinski definition) is 6. The fourth-order valence-electron chi connectivity index (χ4n) is 2.61. The maximum atomic E-state index is 5.30. The summed E-state index contributed by atoms with van der Waals surface area (Å²) in [4.78, 5) is 9.78. The highest BCUT2D eigenvalue weighted by Gasteiger charge is 2.22. The van der Waals surface area contributed by atoms with Crippen LogP contribution in [-0.4, -0.2) is 43.5 Å². The minimum atomic E-state index is -0.147. The summed E-state index contributed by atoms with van der Waals surface area (Å²) in [7, 11) is 3.38. The number of methoxy groups -OCH3 is 2. The molecule has 3 rings (SSSR count). The monoisotopic (exact) mass is 324 g/mol. The molecule has 0 saturated carbocycles. The average molecular weight is 324 g/mol. The maximum absolute atomic E-state index is 5.30. The first-order valence-corrected chi connectivity index (χ1v) is 8.71. The van der Waals surface area contributed by atoms with E-state index in [1.54, 1.807) is 25.6 Å². The Morgan fingerprint density at radius 2 is 2.19 bits per heavy atom. The SMILES string of the molecule is COC(CN1CCc2sc(-c3csc(C)n3)cc2C1)OC. The molecule has 0 N–H and O–H groups in total. The first-order chi connectivity index (χ1) is 10.2. The Bertz CT molecular complexity index is 605. The molecule has 0 atom stereocenters. The molecule has 0 aromatic carbocycles. The smallest absolute Gasteiger partial charge is 0.169 e. The summed E-state index contributed by atoms with van der Waals surface area (Å²) in [6.07, 6.45) is 0.953. The van der Waals surface area contributed by atoms with Crippen molar-refractivity contribution in [2.75, 3.05) is 27.3 Å². The van der Waals surface area contributed by atoms with E-state index in [0.29, 0.717) is 0 Å². The van der Waals surface area contributed by atoms with Crippen LogP contribution in [0, 0.1) is 6.92 Å². The van der Waals surface area contributed by atoms with Gasteiger partial charge in [0.1, 0.15) is 0 Å². The van der Waals surface area contributed by atoms with E-state index in [1.165, 1.54) is 15.3 Å². The van der Waals surface area contributed by atoms with Crippen LogP contribution in [0.4, 0.5) is 0 Å². The molecule has 6 heteroatoms.